The summed E-state index contributed by atoms with van der Waals surface area (Å²) in [5, 5.41) is 21.7. The third-order valence-corrected chi connectivity index (χ3v) is 11.7. The van der Waals surface area contributed by atoms with Gasteiger partial charge in [-0.05, 0) is 109 Å². The number of amides is 4. The molecule has 11 heteroatoms. The monoisotopic (exact) mass is 719 g/mol. The van der Waals surface area contributed by atoms with Crippen LogP contribution in [0.5, 0.6) is 11.5 Å². The van der Waals surface area contributed by atoms with Crippen LogP contribution < -0.4 is 5.43 Å². The first-order valence-electron chi connectivity index (χ1n) is 17.3. The Kier molecular flexibility index (Phi) is 8.17. The molecular formula is C41H35ClFN3O6. The second-order valence-corrected chi connectivity index (χ2v) is 14.6. The highest BCUT2D eigenvalue weighted by molar-refractivity contribution is 6.30. The van der Waals surface area contributed by atoms with E-state index in [9.17, 15) is 29.0 Å². The summed E-state index contributed by atoms with van der Waals surface area (Å²) in [7, 11) is 0. The summed E-state index contributed by atoms with van der Waals surface area (Å²) in [6.45, 7) is 1.93. The van der Waals surface area contributed by atoms with E-state index in [2.05, 4.69) is 5.43 Å². The van der Waals surface area contributed by atoms with Crippen LogP contribution in [0.1, 0.15) is 41.0 Å². The lowest BCUT2D eigenvalue weighted by atomic mass is 9.49. The maximum absolute atomic E-state index is 15.2. The minimum atomic E-state index is -1.50. The molecule has 3 fully saturated rings. The molecule has 2 aliphatic carbocycles. The molecule has 0 unspecified atom stereocenters. The largest absolute Gasteiger partial charge is 0.508 e. The smallest absolute Gasteiger partial charge is 0.260 e. The number of hydrogen-bond donors (Lipinski definition) is 3. The quantitative estimate of drug-likeness (QED) is 0.149. The Balaban J connectivity index is 1.26. The predicted octanol–water partition coefficient (Wildman–Crippen LogP) is 6.43. The number of carbonyl (C=O) groups is 4. The van der Waals surface area contributed by atoms with Gasteiger partial charge in [-0.1, -0.05) is 59.6 Å². The molecule has 2 aliphatic heterocycles. The van der Waals surface area contributed by atoms with Crippen LogP contribution in [0.25, 0.3) is 0 Å². The summed E-state index contributed by atoms with van der Waals surface area (Å²) in [4.78, 5) is 59.5. The van der Waals surface area contributed by atoms with E-state index >= 15 is 4.79 Å². The van der Waals surface area contributed by atoms with Gasteiger partial charge in [0.25, 0.3) is 11.8 Å². The van der Waals surface area contributed by atoms with Crippen molar-refractivity contribution in [1.82, 2.24) is 9.91 Å². The molecule has 4 aromatic rings. The van der Waals surface area contributed by atoms with Gasteiger partial charge in [-0.15, -0.1) is 0 Å². The molecule has 9 nitrogen and oxygen atoms in total. The number of anilines is 1. The van der Waals surface area contributed by atoms with Gasteiger partial charge < -0.3 is 10.2 Å². The van der Waals surface area contributed by atoms with Crippen molar-refractivity contribution in [3.63, 3.8) is 0 Å². The minimum absolute atomic E-state index is 0.0696. The summed E-state index contributed by atoms with van der Waals surface area (Å²) in [5.74, 6) is -5.50. The SMILES string of the molecule is Cc1cc([C@H]2C3=CC[C@@H]4C(=O)N(CCc5ccc(O)cc5)C(=O)[C@@H]4[C@@H]3C[C@H]3C(=O)N(Nc4ccc(F)cc4)C(=O)[C@@]23c2ccc(Cl)cc2)ccc1O. The number of fused-ring (bicyclic) bond motifs is 4. The van der Waals surface area contributed by atoms with Crippen LogP contribution in [0.3, 0.4) is 0 Å². The van der Waals surface area contributed by atoms with Crippen molar-refractivity contribution in [2.24, 2.45) is 23.7 Å². The molecular weight excluding hydrogens is 685 g/mol. The summed E-state index contributed by atoms with van der Waals surface area (Å²) >= 11 is 6.35. The Bertz CT molecular complexity index is 2150. The first-order valence-corrected chi connectivity index (χ1v) is 17.7. The molecule has 2 heterocycles. The molecule has 0 aromatic heterocycles. The van der Waals surface area contributed by atoms with Gasteiger partial charge in [-0.2, -0.15) is 5.01 Å². The van der Waals surface area contributed by atoms with E-state index < -0.39 is 52.6 Å². The molecule has 0 spiro atoms. The minimum Gasteiger partial charge on any atom is -0.508 e. The molecule has 0 radical (unpaired) electrons. The molecule has 0 bridgehead atoms. The van der Waals surface area contributed by atoms with Gasteiger partial charge in [-0.3, -0.25) is 29.5 Å². The average Bonchev–Trinajstić information content (AvgIpc) is 3.50. The summed E-state index contributed by atoms with van der Waals surface area (Å²) in [6, 6.07) is 24.0. The number of aryl methyl sites for hydroxylation is 1. The number of phenolic OH excluding ortho intramolecular Hbond substituents is 2. The number of halogens is 2. The Morgan fingerprint density at radius 2 is 1.58 bits per heavy atom. The number of aromatic hydroxyl groups is 2. The number of rotatable bonds is 7. The Morgan fingerprint density at radius 3 is 2.27 bits per heavy atom. The lowest BCUT2D eigenvalue weighted by Gasteiger charge is -2.50. The Morgan fingerprint density at radius 1 is 0.865 bits per heavy atom. The fourth-order valence-corrected chi connectivity index (χ4v) is 9.20. The standard InChI is InChI=1S/C41H35ClFN3O6/c1-22-20-24(4-17-34(22)48)36-30-15-16-31-35(39(51)45(37(31)49)19-18-23-2-13-29(47)14-3-23)32(30)21-33-38(50)46(44-28-11-9-27(43)10-12-28)40(52)41(33,36)25-5-7-26(42)8-6-25/h2-15,17,20,31-33,35-36,44,47-48H,16,18-19,21H2,1H3/t31-,32+,33-,35-,36-,41+/m0/s1. The van der Waals surface area contributed by atoms with Gasteiger partial charge in [0.2, 0.25) is 11.8 Å². The Hall–Kier alpha value is -5.48. The predicted molar refractivity (Wildman–Crippen MR) is 190 cm³/mol. The second kappa shape index (κ2) is 12.6. The van der Waals surface area contributed by atoms with Crippen LogP contribution in [0.2, 0.25) is 5.02 Å². The first kappa shape index (κ1) is 33.7. The van der Waals surface area contributed by atoms with Crippen LogP contribution >= 0.6 is 11.6 Å². The topological polar surface area (TPSA) is 127 Å². The van der Waals surface area contributed by atoms with Crippen LogP contribution in [0, 0.1) is 36.4 Å². The highest BCUT2D eigenvalue weighted by atomic mass is 35.5. The third-order valence-electron chi connectivity index (χ3n) is 11.5. The first-order chi connectivity index (χ1) is 25.0. The number of benzene rings is 4. The summed E-state index contributed by atoms with van der Waals surface area (Å²) in [5.41, 5.74) is 5.25. The number of hydrazine groups is 1. The molecule has 2 saturated heterocycles. The number of likely N-dealkylation sites (tertiary alicyclic amines) is 1. The molecule has 4 aliphatic rings. The van der Waals surface area contributed by atoms with Crippen molar-refractivity contribution in [3.8, 4) is 11.5 Å². The zero-order valence-electron chi connectivity index (χ0n) is 28.1. The summed E-state index contributed by atoms with van der Waals surface area (Å²) in [6.07, 6.45) is 2.80. The second-order valence-electron chi connectivity index (χ2n) is 14.2. The van der Waals surface area contributed by atoms with Gasteiger partial charge in [0.15, 0.2) is 0 Å². The van der Waals surface area contributed by atoms with E-state index in [4.69, 9.17) is 11.6 Å². The highest BCUT2D eigenvalue weighted by Gasteiger charge is 2.70. The zero-order chi connectivity index (χ0) is 36.5. The van der Waals surface area contributed by atoms with Crippen molar-refractivity contribution >= 4 is 40.9 Å². The van der Waals surface area contributed by atoms with Crippen molar-refractivity contribution in [2.45, 2.75) is 37.5 Å². The number of nitrogens with one attached hydrogen (secondary N) is 1. The van der Waals surface area contributed by atoms with E-state index in [1.165, 1.54) is 29.2 Å². The molecule has 264 valence electrons. The maximum atomic E-state index is 15.2. The lowest BCUT2D eigenvalue weighted by Crippen LogP contribution is -2.53. The van der Waals surface area contributed by atoms with E-state index in [0.29, 0.717) is 33.8 Å². The number of hydrogen-bond acceptors (Lipinski definition) is 7. The van der Waals surface area contributed by atoms with Crippen LogP contribution in [-0.4, -0.2) is 50.3 Å². The van der Waals surface area contributed by atoms with Crippen molar-refractivity contribution in [3.05, 3.63) is 136 Å². The molecule has 3 N–H and O–H groups in total. The number of imide groups is 2. The summed E-state index contributed by atoms with van der Waals surface area (Å²) < 4.78 is 13.8. The normalized spacial score (nSPS) is 26.6. The van der Waals surface area contributed by atoms with E-state index in [-0.39, 0.29) is 42.7 Å². The fourth-order valence-electron chi connectivity index (χ4n) is 9.08. The molecule has 4 amide bonds. The van der Waals surface area contributed by atoms with Gasteiger partial charge in [0.1, 0.15) is 17.3 Å². The van der Waals surface area contributed by atoms with E-state index in [1.54, 1.807) is 67.6 Å². The van der Waals surface area contributed by atoms with Gasteiger partial charge in [-0.25, -0.2) is 4.39 Å². The van der Waals surface area contributed by atoms with E-state index in [1.807, 2.05) is 12.1 Å². The molecule has 1 saturated carbocycles. The molecule has 4 aromatic carbocycles. The van der Waals surface area contributed by atoms with E-state index in [0.717, 1.165) is 16.1 Å². The average molecular weight is 720 g/mol. The van der Waals surface area contributed by atoms with Crippen LogP contribution in [-0.2, 0) is 31.0 Å². The Labute approximate surface area is 304 Å². The number of phenols is 2. The number of allylic oxidation sites excluding steroid dienone is 2. The van der Waals surface area contributed by atoms with Crippen LogP contribution in [0.15, 0.2) is 103 Å². The number of nitrogens with zero attached hydrogens (tertiary/aromatic N) is 2. The highest BCUT2D eigenvalue weighted by Crippen LogP contribution is 2.64. The van der Waals surface area contributed by atoms with Crippen LogP contribution in [0.4, 0.5) is 10.1 Å². The zero-order valence-corrected chi connectivity index (χ0v) is 28.9. The lowest BCUT2D eigenvalue weighted by molar-refractivity contribution is -0.141. The molecule has 6 atom stereocenters. The van der Waals surface area contributed by atoms with Crippen molar-refractivity contribution in [2.75, 3.05) is 12.0 Å². The maximum Gasteiger partial charge on any atom is 0.260 e. The molecule has 8 rings (SSSR count). The van der Waals surface area contributed by atoms with Gasteiger partial charge in [0.05, 0.1) is 28.9 Å². The van der Waals surface area contributed by atoms with Crippen molar-refractivity contribution < 1.29 is 33.8 Å². The van der Waals surface area contributed by atoms with Gasteiger partial charge in [0, 0.05) is 17.5 Å². The van der Waals surface area contributed by atoms with Gasteiger partial charge >= 0.3 is 0 Å². The van der Waals surface area contributed by atoms with Crippen molar-refractivity contribution in [1.29, 1.82) is 0 Å². The third kappa shape index (κ3) is 5.19. The number of carbonyl (C=O) groups excluding carboxylic acids is 4. The molecule has 52 heavy (non-hydrogen) atoms. The fraction of sp³-hybridized carbons (Fsp3) is 0.268.